The zero-order chi connectivity index (χ0) is 8.77. The summed E-state index contributed by atoms with van der Waals surface area (Å²) in [7, 11) is 0. The molecule has 0 aromatic rings. The van der Waals surface area contributed by atoms with Crippen molar-refractivity contribution in [2.45, 2.75) is 31.5 Å². The Balaban J connectivity index is 0.000000845. The van der Waals surface area contributed by atoms with Crippen LogP contribution in [-0.2, 0) is 0 Å². The second kappa shape index (κ2) is 3.65. The highest BCUT2D eigenvalue weighted by molar-refractivity contribution is 5.85. The largest absolute Gasteiger partial charge is 0.393 e. The van der Waals surface area contributed by atoms with Gasteiger partial charge in [0, 0.05) is 6.04 Å². The van der Waals surface area contributed by atoms with Gasteiger partial charge < -0.3 is 5.32 Å². The van der Waals surface area contributed by atoms with E-state index in [9.17, 15) is 13.2 Å². The molecule has 13 heavy (non-hydrogen) atoms. The number of rotatable bonds is 0. The van der Waals surface area contributed by atoms with E-state index in [1.54, 1.807) is 0 Å². The summed E-state index contributed by atoms with van der Waals surface area (Å²) in [4.78, 5) is 0. The Kier molecular flexibility index (Phi) is 3.12. The number of hydrogen-bond donors (Lipinski definition) is 1. The summed E-state index contributed by atoms with van der Waals surface area (Å²) >= 11 is 0. The second-order valence-electron chi connectivity index (χ2n) is 3.71. The minimum absolute atomic E-state index is 0. The third-order valence-corrected chi connectivity index (χ3v) is 2.89. The van der Waals surface area contributed by atoms with Crippen molar-refractivity contribution >= 4 is 12.4 Å². The molecule has 1 aliphatic carbocycles. The lowest BCUT2D eigenvalue weighted by atomic mass is 10.1. The molecule has 1 N–H and O–H groups in total. The van der Waals surface area contributed by atoms with Gasteiger partial charge >= 0.3 is 6.18 Å². The van der Waals surface area contributed by atoms with Crippen molar-refractivity contribution in [2.75, 3.05) is 6.54 Å². The number of hydrogen-bond acceptors (Lipinski definition) is 1. The molecular weight excluding hydrogens is 203 g/mol. The van der Waals surface area contributed by atoms with Gasteiger partial charge in [-0.15, -0.1) is 12.4 Å². The van der Waals surface area contributed by atoms with Gasteiger partial charge in [-0.1, -0.05) is 6.42 Å². The molecule has 2 rings (SSSR count). The molecule has 1 aliphatic heterocycles. The predicted octanol–water partition coefficient (Wildman–Crippen LogP) is 2.36. The summed E-state index contributed by atoms with van der Waals surface area (Å²) in [5.41, 5.74) is 0. The molecule has 0 radical (unpaired) electrons. The summed E-state index contributed by atoms with van der Waals surface area (Å²) < 4.78 is 36.7. The lowest BCUT2D eigenvalue weighted by Crippen LogP contribution is -2.24. The Labute approximate surface area is 81.5 Å². The fourth-order valence-corrected chi connectivity index (χ4v) is 2.23. The van der Waals surface area contributed by atoms with E-state index < -0.39 is 12.1 Å². The monoisotopic (exact) mass is 215 g/mol. The zero-order valence-electron chi connectivity index (χ0n) is 7.10. The van der Waals surface area contributed by atoms with Crippen molar-refractivity contribution in [3.63, 3.8) is 0 Å². The van der Waals surface area contributed by atoms with Crippen molar-refractivity contribution in [3.05, 3.63) is 0 Å². The number of alkyl halides is 3. The van der Waals surface area contributed by atoms with E-state index in [1.807, 2.05) is 0 Å². The van der Waals surface area contributed by atoms with Crippen LogP contribution in [0.15, 0.2) is 0 Å². The van der Waals surface area contributed by atoms with Gasteiger partial charge in [0.2, 0.25) is 0 Å². The first kappa shape index (κ1) is 11.1. The SMILES string of the molecule is Cl.FC(F)(F)[C@@H]1[C@H]2CCCCN[C@H]21. The van der Waals surface area contributed by atoms with Gasteiger partial charge in [0.05, 0.1) is 5.92 Å². The van der Waals surface area contributed by atoms with Crippen LogP contribution in [0.2, 0.25) is 0 Å². The summed E-state index contributed by atoms with van der Waals surface area (Å²) in [6.07, 6.45) is -1.25. The van der Waals surface area contributed by atoms with Crippen LogP contribution in [0.1, 0.15) is 19.3 Å². The van der Waals surface area contributed by atoms with Gasteiger partial charge in [-0.2, -0.15) is 13.2 Å². The molecule has 0 spiro atoms. The molecule has 0 aromatic heterocycles. The smallest absolute Gasteiger partial charge is 0.313 e. The molecule has 1 saturated carbocycles. The predicted molar refractivity (Wildman–Crippen MR) is 45.9 cm³/mol. The fourth-order valence-electron chi connectivity index (χ4n) is 2.23. The molecule has 2 aliphatic rings. The minimum atomic E-state index is -3.97. The molecule has 1 saturated heterocycles. The molecule has 0 unspecified atom stereocenters. The van der Waals surface area contributed by atoms with Gasteiger partial charge in [-0.25, -0.2) is 0 Å². The maximum atomic E-state index is 12.2. The van der Waals surface area contributed by atoms with E-state index >= 15 is 0 Å². The molecule has 1 heterocycles. The molecule has 0 amide bonds. The highest BCUT2D eigenvalue weighted by Gasteiger charge is 2.63. The maximum absolute atomic E-state index is 12.2. The summed E-state index contributed by atoms with van der Waals surface area (Å²) in [5.74, 6) is -1.16. The molecule has 1 nitrogen and oxygen atoms in total. The van der Waals surface area contributed by atoms with Crippen molar-refractivity contribution in [1.29, 1.82) is 0 Å². The van der Waals surface area contributed by atoms with Gasteiger partial charge in [0.25, 0.3) is 0 Å². The van der Waals surface area contributed by atoms with Gasteiger partial charge in [0.1, 0.15) is 0 Å². The Bertz CT molecular complexity index is 171. The van der Waals surface area contributed by atoms with Crippen LogP contribution in [0.3, 0.4) is 0 Å². The van der Waals surface area contributed by atoms with Gasteiger partial charge in [-0.05, 0) is 25.3 Å². The lowest BCUT2D eigenvalue weighted by Gasteiger charge is -2.07. The highest BCUT2D eigenvalue weighted by atomic mass is 35.5. The van der Waals surface area contributed by atoms with E-state index in [4.69, 9.17) is 0 Å². The van der Waals surface area contributed by atoms with Crippen LogP contribution in [0.4, 0.5) is 13.2 Å². The maximum Gasteiger partial charge on any atom is 0.393 e. The minimum Gasteiger partial charge on any atom is -0.313 e. The lowest BCUT2D eigenvalue weighted by molar-refractivity contribution is -0.152. The van der Waals surface area contributed by atoms with E-state index in [-0.39, 0.29) is 24.4 Å². The first-order chi connectivity index (χ1) is 5.61. The number of nitrogens with one attached hydrogen (secondary N) is 1. The van der Waals surface area contributed by atoms with Crippen molar-refractivity contribution in [3.8, 4) is 0 Å². The summed E-state index contributed by atoms with van der Waals surface area (Å²) in [5, 5.41) is 2.96. The topological polar surface area (TPSA) is 12.0 Å². The Morgan fingerprint density at radius 1 is 1.15 bits per heavy atom. The third kappa shape index (κ3) is 2.10. The zero-order valence-corrected chi connectivity index (χ0v) is 7.92. The first-order valence-corrected chi connectivity index (χ1v) is 4.41. The average Bonchev–Trinajstić information content (AvgIpc) is 2.54. The standard InChI is InChI=1S/C8H12F3N.ClH/c9-8(10,11)6-5-3-1-2-4-12-7(5)6;/h5-7,12H,1-4H2;1H/t5-,6-,7-;/m1./s1. The Morgan fingerprint density at radius 2 is 1.85 bits per heavy atom. The first-order valence-electron chi connectivity index (χ1n) is 4.41. The van der Waals surface area contributed by atoms with Crippen molar-refractivity contribution < 1.29 is 13.2 Å². The van der Waals surface area contributed by atoms with E-state index in [0.717, 1.165) is 25.8 Å². The third-order valence-electron chi connectivity index (χ3n) is 2.89. The Hall–Kier alpha value is 0.0400. The van der Waals surface area contributed by atoms with Crippen LogP contribution in [0.25, 0.3) is 0 Å². The summed E-state index contributed by atoms with van der Waals surface area (Å²) in [6, 6.07) is -0.257. The van der Waals surface area contributed by atoms with E-state index in [1.165, 1.54) is 0 Å². The number of fused-ring (bicyclic) bond motifs is 1. The second-order valence-corrected chi connectivity index (χ2v) is 3.71. The molecular formula is C8H13ClF3N. The van der Waals surface area contributed by atoms with E-state index in [2.05, 4.69) is 5.32 Å². The average molecular weight is 216 g/mol. The van der Waals surface area contributed by atoms with Crippen LogP contribution in [0.5, 0.6) is 0 Å². The highest BCUT2D eigenvalue weighted by Crippen LogP contribution is 2.53. The quantitative estimate of drug-likeness (QED) is 0.654. The van der Waals surface area contributed by atoms with Crippen LogP contribution in [-0.4, -0.2) is 18.8 Å². The normalized spacial score (nSPS) is 38.5. The molecule has 0 aromatic carbocycles. The molecule has 3 atom stereocenters. The van der Waals surface area contributed by atoms with Crippen LogP contribution in [0, 0.1) is 11.8 Å². The van der Waals surface area contributed by atoms with Crippen LogP contribution >= 0.6 is 12.4 Å². The van der Waals surface area contributed by atoms with Crippen LogP contribution < -0.4 is 5.32 Å². The summed E-state index contributed by atoms with van der Waals surface area (Å²) in [6.45, 7) is 0.758. The molecule has 0 bridgehead atoms. The molecule has 5 heteroatoms. The van der Waals surface area contributed by atoms with Gasteiger partial charge in [-0.3, -0.25) is 0 Å². The van der Waals surface area contributed by atoms with Crippen molar-refractivity contribution in [1.82, 2.24) is 5.32 Å². The van der Waals surface area contributed by atoms with Crippen molar-refractivity contribution in [2.24, 2.45) is 11.8 Å². The fraction of sp³-hybridized carbons (Fsp3) is 1.00. The van der Waals surface area contributed by atoms with Gasteiger partial charge in [0.15, 0.2) is 0 Å². The van der Waals surface area contributed by atoms with E-state index in [0.29, 0.717) is 0 Å². The molecule has 2 fully saturated rings. The Morgan fingerprint density at radius 3 is 2.46 bits per heavy atom. The molecule has 78 valence electrons. The number of halogens is 4.